The van der Waals surface area contributed by atoms with Gasteiger partial charge in [-0.15, -0.1) is 0 Å². The van der Waals surface area contributed by atoms with Crippen molar-refractivity contribution in [2.45, 2.75) is 89.4 Å². The fraction of sp³-hybridized carbons (Fsp3) is 0.944. The molecule has 2 aliphatic carbocycles. The molecule has 0 aromatic carbocycles. The Labute approximate surface area is 141 Å². The van der Waals surface area contributed by atoms with Gasteiger partial charge in [-0.25, -0.2) is 4.79 Å². The van der Waals surface area contributed by atoms with Crippen LogP contribution < -0.4 is 11.1 Å². The molecule has 0 bridgehead atoms. The third-order valence-corrected chi connectivity index (χ3v) is 5.34. The Bertz CT molecular complexity index is 386. The van der Waals surface area contributed by atoms with Crippen LogP contribution in [0.15, 0.2) is 0 Å². The molecule has 0 aliphatic heterocycles. The van der Waals surface area contributed by atoms with E-state index in [1.165, 1.54) is 19.3 Å². The first-order chi connectivity index (χ1) is 10.8. The summed E-state index contributed by atoms with van der Waals surface area (Å²) in [7, 11) is 1.87. The van der Waals surface area contributed by atoms with Crippen molar-refractivity contribution in [2.75, 3.05) is 13.6 Å². The second kappa shape index (κ2) is 7.84. The van der Waals surface area contributed by atoms with Crippen LogP contribution in [0.3, 0.4) is 0 Å². The van der Waals surface area contributed by atoms with Gasteiger partial charge in [0.05, 0.1) is 0 Å². The number of hydrogen-bond donors (Lipinski definition) is 2. The van der Waals surface area contributed by atoms with Crippen molar-refractivity contribution in [2.24, 2.45) is 11.7 Å². The van der Waals surface area contributed by atoms with Crippen molar-refractivity contribution in [1.82, 2.24) is 10.2 Å². The molecule has 5 nitrogen and oxygen atoms in total. The van der Waals surface area contributed by atoms with Crippen molar-refractivity contribution in [3.05, 3.63) is 0 Å². The zero-order valence-corrected chi connectivity index (χ0v) is 15.3. The number of carbonyl (C=O) groups is 1. The third-order valence-electron chi connectivity index (χ3n) is 5.34. The third kappa shape index (κ3) is 5.35. The highest BCUT2D eigenvalue weighted by Gasteiger charge is 2.32. The van der Waals surface area contributed by atoms with Crippen LogP contribution in [0.5, 0.6) is 0 Å². The maximum absolute atomic E-state index is 12.2. The number of nitrogens with one attached hydrogen (secondary N) is 1. The molecule has 0 saturated heterocycles. The molecule has 134 valence electrons. The van der Waals surface area contributed by atoms with Gasteiger partial charge in [-0.05, 0) is 71.8 Å². The number of carbonyl (C=O) groups excluding carboxylic acids is 1. The summed E-state index contributed by atoms with van der Waals surface area (Å²) in [5.41, 5.74) is 5.45. The Morgan fingerprint density at radius 3 is 2.39 bits per heavy atom. The largest absolute Gasteiger partial charge is 0.444 e. The Hall–Kier alpha value is -0.810. The van der Waals surface area contributed by atoms with Gasteiger partial charge in [0.2, 0.25) is 0 Å². The van der Waals surface area contributed by atoms with Gasteiger partial charge in [0, 0.05) is 25.2 Å². The fourth-order valence-electron chi connectivity index (χ4n) is 3.95. The molecule has 2 fully saturated rings. The van der Waals surface area contributed by atoms with Crippen LogP contribution in [0, 0.1) is 5.92 Å². The van der Waals surface area contributed by atoms with Crippen molar-refractivity contribution in [3.8, 4) is 0 Å². The summed E-state index contributed by atoms with van der Waals surface area (Å²) in [4.78, 5) is 14.0. The summed E-state index contributed by atoms with van der Waals surface area (Å²) in [6, 6.07) is 1.48. The zero-order chi connectivity index (χ0) is 17.0. The van der Waals surface area contributed by atoms with E-state index < -0.39 is 5.60 Å². The summed E-state index contributed by atoms with van der Waals surface area (Å²) in [6.45, 7) is 6.54. The second-order valence-electron chi connectivity index (χ2n) is 8.30. The van der Waals surface area contributed by atoms with Crippen molar-refractivity contribution >= 4 is 6.09 Å². The number of amides is 1. The lowest BCUT2D eigenvalue weighted by Gasteiger charge is -2.37. The molecule has 0 spiro atoms. The maximum Gasteiger partial charge on any atom is 0.410 e. The first-order valence-corrected chi connectivity index (χ1v) is 9.22. The smallest absolute Gasteiger partial charge is 0.410 e. The molecule has 0 heterocycles. The minimum Gasteiger partial charge on any atom is -0.444 e. The van der Waals surface area contributed by atoms with Crippen LogP contribution in [0.1, 0.15) is 65.7 Å². The standard InChI is InChI=1S/C18H35N3O2/c1-18(2,3)23-17(22)21(4)15-10-8-14(9-11-15)20-16-7-5-6-13(16)12-19/h13-16,20H,5-12,19H2,1-4H3. The SMILES string of the molecule is CN(C(=O)OC(C)(C)C)C1CCC(NC2CCCC2CN)CC1. The predicted molar refractivity (Wildman–Crippen MR) is 93.4 cm³/mol. The van der Waals surface area contributed by atoms with Gasteiger partial charge in [0.1, 0.15) is 5.60 Å². The summed E-state index contributed by atoms with van der Waals surface area (Å²) in [5.74, 6) is 0.650. The fourth-order valence-corrected chi connectivity index (χ4v) is 3.95. The van der Waals surface area contributed by atoms with E-state index in [9.17, 15) is 4.79 Å². The monoisotopic (exact) mass is 325 g/mol. The number of nitrogens with zero attached hydrogens (tertiary/aromatic N) is 1. The van der Waals surface area contributed by atoms with E-state index in [1.54, 1.807) is 4.90 Å². The van der Waals surface area contributed by atoms with E-state index in [0.29, 0.717) is 24.0 Å². The van der Waals surface area contributed by atoms with Crippen LogP contribution in [0.4, 0.5) is 4.79 Å². The average molecular weight is 325 g/mol. The molecular weight excluding hydrogens is 290 g/mol. The predicted octanol–water partition coefficient (Wildman–Crippen LogP) is 2.88. The Kier molecular flexibility index (Phi) is 6.32. The first-order valence-electron chi connectivity index (χ1n) is 9.22. The van der Waals surface area contributed by atoms with E-state index in [-0.39, 0.29) is 6.09 Å². The molecule has 2 unspecified atom stereocenters. The summed E-state index contributed by atoms with van der Waals surface area (Å²) >= 11 is 0. The topological polar surface area (TPSA) is 67.6 Å². The minimum atomic E-state index is -0.427. The van der Waals surface area contributed by atoms with Crippen molar-refractivity contribution in [3.63, 3.8) is 0 Å². The van der Waals surface area contributed by atoms with Gasteiger partial charge in [-0.3, -0.25) is 0 Å². The average Bonchev–Trinajstić information content (AvgIpc) is 2.92. The molecule has 2 aliphatic rings. The summed E-state index contributed by atoms with van der Waals surface area (Å²) < 4.78 is 5.47. The highest BCUT2D eigenvalue weighted by Crippen LogP contribution is 2.29. The molecule has 5 heteroatoms. The molecule has 1 amide bonds. The Morgan fingerprint density at radius 2 is 1.83 bits per heavy atom. The Balaban J connectivity index is 1.76. The van der Waals surface area contributed by atoms with Gasteiger partial charge in [0.15, 0.2) is 0 Å². The normalized spacial score (nSPS) is 31.9. The molecule has 23 heavy (non-hydrogen) atoms. The van der Waals surface area contributed by atoms with Crippen LogP contribution in [0.2, 0.25) is 0 Å². The van der Waals surface area contributed by atoms with E-state index >= 15 is 0 Å². The van der Waals surface area contributed by atoms with E-state index in [1.807, 2.05) is 27.8 Å². The number of nitrogens with two attached hydrogens (primary N) is 1. The molecule has 2 rings (SSSR count). The molecule has 2 saturated carbocycles. The minimum absolute atomic E-state index is 0.201. The van der Waals surface area contributed by atoms with E-state index in [2.05, 4.69) is 5.32 Å². The molecule has 3 N–H and O–H groups in total. The number of hydrogen-bond acceptors (Lipinski definition) is 4. The highest BCUT2D eigenvalue weighted by atomic mass is 16.6. The van der Waals surface area contributed by atoms with Gasteiger partial charge < -0.3 is 20.7 Å². The van der Waals surface area contributed by atoms with Crippen molar-refractivity contribution < 1.29 is 9.53 Å². The number of ether oxygens (including phenoxy) is 1. The summed E-state index contributed by atoms with van der Waals surface area (Å²) in [5, 5.41) is 3.83. The maximum atomic E-state index is 12.2. The molecule has 0 aromatic rings. The lowest BCUT2D eigenvalue weighted by Crippen LogP contribution is -2.48. The Morgan fingerprint density at radius 1 is 1.17 bits per heavy atom. The number of rotatable bonds is 4. The van der Waals surface area contributed by atoms with Gasteiger partial charge in [0.25, 0.3) is 0 Å². The van der Waals surface area contributed by atoms with Crippen LogP contribution in [-0.4, -0.2) is 48.3 Å². The van der Waals surface area contributed by atoms with Crippen LogP contribution >= 0.6 is 0 Å². The molecular formula is C18H35N3O2. The van der Waals surface area contributed by atoms with Crippen LogP contribution in [-0.2, 0) is 4.74 Å². The van der Waals surface area contributed by atoms with Crippen molar-refractivity contribution in [1.29, 1.82) is 0 Å². The van der Waals surface area contributed by atoms with Gasteiger partial charge in [-0.2, -0.15) is 0 Å². The lowest BCUT2D eigenvalue weighted by atomic mass is 9.89. The first kappa shape index (κ1) is 18.5. The highest BCUT2D eigenvalue weighted by molar-refractivity contribution is 5.68. The summed E-state index contributed by atoms with van der Waals surface area (Å²) in [6.07, 6.45) is 7.99. The van der Waals surface area contributed by atoms with Gasteiger partial charge in [-0.1, -0.05) is 6.42 Å². The zero-order valence-electron chi connectivity index (χ0n) is 15.3. The van der Waals surface area contributed by atoms with Crippen LogP contribution in [0.25, 0.3) is 0 Å². The molecule has 0 aromatic heterocycles. The second-order valence-corrected chi connectivity index (χ2v) is 8.30. The van der Waals surface area contributed by atoms with E-state index in [4.69, 9.17) is 10.5 Å². The molecule has 2 atom stereocenters. The van der Waals surface area contributed by atoms with Gasteiger partial charge >= 0.3 is 6.09 Å². The quantitative estimate of drug-likeness (QED) is 0.834. The molecule has 0 radical (unpaired) electrons. The lowest BCUT2D eigenvalue weighted by molar-refractivity contribution is 0.0177. The van der Waals surface area contributed by atoms with E-state index in [0.717, 1.165) is 32.2 Å².